The van der Waals surface area contributed by atoms with E-state index < -0.39 is 4.92 Å². The molecule has 0 radical (unpaired) electrons. The molecule has 1 aromatic carbocycles. The molecule has 1 N–H and O–H groups in total. The smallest absolute Gasteiger partial charge is 0.282 e. The van der Waals surface area contributed by atoms with Crippen LogP contribution in [-0.2, 0) is 4.74 Å². The number of carbonyl (C=O) groups excluding carboxylic acids is 1. The molecular weight excluding hydrogens is 372 g/mol. The van der Waals surface area contributed by atoms with Crippen LogP contribution >= 0.6 is 0 Å². The van der Waals surface area contributed by atoms with E-state index in [4.69, 9.17) is 4.74 Å². The Kier molecular flexibility index (Phi) is 6.30. The summed E-state index contributed by atoms with van der Waals surface area (Å²) in [6, 6.07) is 5.17. The van der Waals surface area contributed by atoms with Gasteiger partial charge in [-0.15, -0.1) is 0 Å². The highest BCUT2D eigenvalue weighted by atomic mass is 16.6. The monoisotopic (exact) mass is 402 g/mol. The van der Waals surface area contributed by atoms with Crippen molar-refractivity contribution in [1.82, 2.24) is 9.80 Å². The molecule has 0 bridgehead atoms. The molecule has 4 rings (SSSR count). The van der Waals surface area contributed by atoms with Crippen LogP contribution in [0.3, 0.4) is 0 Å². The maximum Gasteiger partial charge on any atom is 0.282 e. The van der Waals surface area contributed by atoms with Crippen LogP contribution in [0.25, 0.3) is 0 Å². The molecule has 158 valence electrons. The predicted molar refractivity (Wildman–Crippen MR) is 110 cm³/mol. The molecule has 3 aliphatic rings. The van der Waals surface area contributed by atoms with Crippen molar-refractivity contribution in [3.05, 3.63) is 33.9 Å². The maximum absolute atomic E-state index is 12.8. The van der Waals surface area contributed by atoms with Crippen molar-refractivity contribution in [3.63, 3.8) is 0 Å². The van der Waals surface area contributed by atoms with Crippen molar-refractivity contribution in [2.24, 2.45) is 5.92 Å². The fourth-order valence-electron chi connectivity index (χ4n) is 4.63. The van der Waals surface area contributed by atoms with E-state index in [0.29, 0.717) is 25.0 Å². The Morgan fingerprint density at radius 3 is 2.59 bits per heavy atom. The zero-order valence-corrected chi connectivity index (χ0v) is 16.8. The lowest BCUT2D eigenvalue weighted by Crippen LogP contribution is -2.41. The van der Waals surface area contributed by atoms with Crippen LogP contribution in [0.5, 0.6) is 0 Å². The highest BCUT2D eigenvalue weighted by Gasteiger charge is 2.28. The van der Waals surface area contributed by atoms with E-state index >= 15 is 0 Å². The Labute approximate surface area is 171 Å². The summed E-state index contributed by atoms with van der Waals surface area (Å²) in [5, 5.41) is 14.9. The Morgan fingerprint density at radius 1 is 1.17 bits per heavy atom. The Morgan fingerprint density at radius 2 is 1.93 bits per heavy atom. The molecule has 3 fully saturated rings. The van der Waals surface area contributed by atoms with Gasteiger partial charge < -0.3 is 19.9 Å². The number of rotatable bonds is 6. The summed E-state index contributed by atoms with van der Waals surface area (Å²) in [5.41, 5.74) is 0.877. The zero-order valence-electron chi connectivity index (χ0n) is 16.8. The fraction of sp³-hybridized carbons (Fsp3) is 0.667. The van der Waals surface area contributed by atoms with E-state index in [1.54, 1.807) is 17.0 Å². The molecule has 8 heteroatoms. The third kappa shape index (κ3) is 4.87. The van der Waals surface area contributed by atoms with Crippen molar-refractivity contribution >= 4 is 17.3 Å². The largest absolute Gasteiger partial charge is 0.382 e. The summed E-state index contributed by atoms with van der Waals surface area (Å²) in [4.78, 5) is 28.0. The summed E-state index contributed by atoms with van der Waals surface area (Å²) in [6.45, 7) is 6.33. The molecule has 3 aliphatic heterocycles. The summed E-state index contributed by atoms with van der Waals surface area (Å²) >= 11 is 0. The number of nitro groups is 1. The van der Waals surface area contributed by atoms with E-state index in [9.17, 15) is 14.9 Å². The minimum absolute atomic E-state index is 0.110. The number of ether oxygens (including phenoxy) is 1. The van der Waals surface area contributed by atoms with Crippen molar-refractivity contribution in [2.45, 2.75) is 38.1 Å². The summed E-state index contributed by atoms with van der Waals surface area (Å²) in [7, 11) is 0. The SMILES string of the molecule is O=C(c1cc(NC2CCN(CC3CCOC3)CC2)ccc1[N+](=O)[O-])N1CCCC1. The van der Waals surface area contributed by atoms with E-state index in [0.717, 1.165) is 70.6 Å². The number of amides is 1. The highest BCUT2D eigenvalue weighted by Crippen LogP contribution is 2.27. The third-order valence-corrected chi connectivity index (χ3v) is 6.32. The summed E-state index contributed by atoms with van der Waals surface area (Å²) < 4.78 is 5.47. The second kappa shape index (κ2) is 9.09. The van der Waals surface area contributed by atoms with Gasteiger partial charge in [0, 0.05) is 57.1 Å². The van der Waals surface area contributed by atoms with Crippen molar-refractivity contribution < 1.29 is 14.5 Å². The highest BCUT2D eigenvalue weighted by molar-refractivity contribution is 5.99. The van der Waals surface area contributed by atoms with E-state index in [-0.39, 0.29) is 17.2 Å². The minimum Gasteiger partial charge on any atom is -0.382 e. The van der Waals surface area contributed by atoms with Gasteiger partial charge in [-0.3, -0.25) is 14.9 Å². The second-order valence-electron chi connectivity index (χ2n) is 8.44. The van der Waals surface area contributed by atoms with Gasteiger partial charge in [0.05, 0.1) is 11.5 Å². The van der Waals surface area contributed by atoms with Crippen LogP contribution in [-0.4, -0.2) is 72.6 Å². The lowest BCUT2D eigenvalue weighted by molar-refractivity contribution is -0.385. The zero-order chi connectivity index (χ0) is 20.2. The summed E-state index contributed by atoms with van der Waals surface area (Å²) in [6.07, 6.45) is 5.14. The van der Waals surface area contributed by atoms with Gasteiger partial charge in [-0.05, 0) is 50.2 Å². The Bertz CT molecular complexity index is 736. The lowest BCUT2D eigenvalue weighted by atomic mass is 10.0. The van der Waals surface area contributed by atoms with E-state index in [2.05, 4.69) is 10.2 Å². The number of carbonyl (C=O) groups is 1. The third-order valence-electron chi connectivity index (χ3n) is 6.32. The number of hydrogen-bond donors (Lipinski definition) is 1. The molecule has 8 nitrogen and oxygen atoms in total. The number of nitro benzene ring substituents is 1. The van der Waals surface area contributed by atoms with Crippen LogP contribution in [0.15, 0.2) is 18.2 Å². The van der Waals surface area contributed by atoms with Crippen molar-refractivity contribution in [2.75, 3.05) is 51.3 Å². The van der Waals surface area contributed by atoms with E-state index in [1.165, 1.54) is 6.07 Å². The van der Waals surface area contributed by atoms with Gasteiger partial charge in [0.15, 0.2) is 0 Å². The molecule has 0 spiro atoms. The van der Waals surface area contributed by atoms with Gasteiger partial charge in [0.25, 0.3) is 11.6 Å². The number of likely N-dealkylation sites (tertiary alicyclic amines) is 2. The van der Waals surface area contributed by atoms with Crippen LogP contribution in [0, 0.1) is 16.0 Å². The molecule has 1 amide bonds. The number of anilines is 1. The van der Waals surface area contributed by atoms with Crippen molar-refractivity contribution in [3.8, 4) is 0 Å². The number of piperidine rings is 1. The average Bonchev–Trinajstić information content (AvgIpc) is 3.43. The van der Waals surface area contributed by atoms with Gasteiger partial charge in [0.2, 0.25) is 0 Å². The normalized spacial score (nSPS) is 23.4. The minimum atomic E-state index is -0.460. The maximum atomic E-state index is 12.8. The molecule has 1 atom stereocenters. The molecule has 3 heterocycles. The fourth-order valence-corrected chi connectivity index (χ4v) is 4.63. The first kappa shape index (κ1) is 20.1. The number of nitrogens with one attached hydrogen (secondary N) is 1. The second-order valence-corrected chi connectivity index (χ2v) is 8.44. The van der Waals surface area contributed by atoms with Crippen LogP contribution < -0.4 is 5.32 Å². The standard InChI is InChI=1S/C21H30N4O4/c26-21(24-8-1-2-9-24)19-13-18(3-4-20(19)25(27)28)22-17-5-10-23(11-6-17)14-16-7-12-29-15-16/h3-4,13,16-17,22H,1-2,5-12,14-15H2. The van der Waals surface area contributed by atoms with Gasteiger partial charge >= 0.3 is 0 Å². The number of hydrogen-bond acceptors (Lipinski definition) is 6. The van der Waals surface area contributed by atoms with Crippen LogP contribution in [0.4, 0.5) is 11.4 Å². The first-order chi connectivity index (χ1) is 14.1. The number of nitrogens with zero attached hydrogens (tertiary/aromatic N) is 3. The van der Waals surface area contributed by atoms with Gasteiger partial charge in [-0.2, -0.15) is 0 Å². The molecule has 1 unspecified atom stereocenters. The predicted octanol–water partition coefficient (Wildman–Crippen LogP) is 2.74. The molecule has 0 saturated carbocycles. The molecular formula is C21H30N4O4. The van der Waals surface area contributed by atoms with Gasteiger partial charge in [0.1, 0.15) is 5.56 Å². The molecule has 0 aromatic heterocycles. The van der Waals surface area contributed by atoms with Crippen molar-refractivity contribution in [1.29, 1.82) is 0 Å². The Balaban J connectivity index is 1.38. The molecule has 0 aliphatic carbocycles. The first-order valence-electron chi connectivity index (χ1n) is 10.7. The van der Waals surface area contributed by atoms with Gasteiger partial charge in [-0.25, -0.2) is 0 Å². The van der Waals surface area contributed by atoms with E-state index in [1.807, 2.05) is 0 Å². The Hall–Kier alpha value is -2.19. The van der Waals surface area contributed by atoms with Crippen LogP contribution in [0.2, 0.25) is 0 Å². The molecule has 3 saturated heterocycles. The molecule has 1 aromatic rings. The van der Waals surface area contributed by atoms with Crippen LogP contribution in [0.1, 0.15) is 42.5 Å². The quantitative estimate of drug-likeness (QED) is 0.581. The topological polar surface area (TPSA) is 88.0 Å². The molecule has 29 heavy (non-hydrogen) atoms. The summed E-state index contributed by atoms with van der Waals surface area (Å²) in [5.74, 6) is 0.430. The average molecular weight is 402 g/mol. The lowest BCUT2D eigenvalue weighted by Gasteiger charge is -2.34. The number of benzene rings is 1. The first-order valence-corrected chi connectivity index (χ1v) is 10.7. The van der Waals surface area contributed by atoms with Gasteiger partial charge in [-0.1, -0.05) is 0 Å².